The van der Waals surface area contributed by atoms with Crippen LogP contribution in [0.1, 0.15) is 15.2 Å². The third-order valence-corrected chi connectivity index (χ3v) is 6.68. The Morgan fingerprint density at radius 3 is 2.56 bits per heavy atom. The van der Waals surface area contributed by atoms with Crippen LogP contribution in [0.2, 0.25) is 0 Å². The van der Waals surface area contributed by atoms with Crippen LogP contribution in [0.5, 0.6) is 5.75 Å². The van der Waals surface area contributed by atoms with Crippen LogP contribution in [0.4, 0.5) is 5.69 Å². The zero-order valence-corrected chi connectivity index (χ0v) is 19.1. The summed E-state index contributed by atoms with van der Waals surface area (Å²) in [5.74, 6) is -0.803. The number of carbonyl (C=O) groups is 2. The van der Waals surface area contributed by atoms with E-state index in [0.29, 0.717) is 12.3 Å². The molecule has 10 heteroatoms. The van der Waals surface area contributed by atoms with Crippen molar-refractivity contribution in [3.63, 3.8) is 0 Å². The van der Waals surface area contributed by atoms with E-state index in [1.54, 1.807) is 31.3 Å². The molecule has 0 bridgehead atoms. The summed E-state index contributed by atoms with van der Waals surface area (Å²) in [6.45, 7) is -0.0342. The van der Waals surface area contributed by atoms with Gasteiger partial charge in [-0.05, 0) is 41.8 Å². The van der Waals surface area contributed by atoms with Gasteiger partial charge in [-0.15, -0.1) is 11.3 Å². The predicted octanol–water partition coefficient (Wildman–Crippen LogP) is 3.37. The number of benzene rings is 2. The van der Waals surface area contributed by atoms with E-state index in [2.05, 4.69) is 4.72 Å². The van der Waals surface area contributed by atoms with E-state index >= 15 is 0 Å². The molecule has 0 aliphatic rings. The van der Waals surface area contributed by atoms with E-state index in [1.807, 2.05) is 17.5 Å². The van der Waals surface area contributed by atoms with Crippen molar-refractivity contribution in [2.24, 2.45) is 0 Å². The molecule has 3 rings (SSSR count). The molecule has 0 radical (unpaired) electrons. The molecule has 0 fully saturated rings. The second-order valence-corrected chi connectivity index (χ2v) is 9.45. The van der Waals surface area contributed by atoms with Crippen molar-refractivity contribution in [1.82, 2.24) is 4.90 Å². The summed E-state index contributed by atoms with van der Waals surface area (Å²) in [4.78, 5) is 27.0. The molecule has 0 atom stereocenters. The van der Waals surface area contributed by atoms with E-state index < -0.39 is 22.6 Å². The molecule has 1 heterocycles. The average Bonchev–Trinajstić information content (AvgIpc) is 3.30. The van der Waals surface area contributed by atoms with Gasteiger partial charge in [0.1, 0.15) is 5.75 Å². The number of carbonyl (C=O) groups excluding carboxylic acids is 2. The predicted molar refractivity (Wildman–Crippen MR) is 121 cm³/mol. The molecule has 1 aromatic heterocycles. The summed E-state index contributed by atoms with van der Waals surface area (Å²) < 4.78 is 38.2. The monoisotopic (exact) mass is 474 g/mol. The van der Waals surface area contributed by atoms with E-state index in [-0.39, 0.29) is 22.1 Å². The summed E-state index contributed by atoms with van der Waals surface area (Å²) in [7, 11) is -0.936. The van der Waals surface area contributed by atoms with Gasteiger partial charge in [0.25, 0.3) is 15.9 Å². The van der Waals surface area contributed by atoms with Crippen molar-refractivity contribution in [2.75, 3.05) is 25.5 Å². The van der Waals surface area contributed by atoms with E-state index in [0.717, 1.165) is 4.88 Å². The van der Waals surface area contributed by atoms with Crippen LogP contribution >= 0.6 is 11.3 Å². The molecule has 3 aromatic rings. The zero-order valence-electron chi connectivity index (χ0n) is 17.5. The Morgan fingerprint density at radius 1 is 1.06 bits per heavy atom. The van der Waals surface area contributed by atoms with Crippen LogP contribution in [0.3, 0.4) is 0 Å². The molecule has 0 saturated carbocycles. The van der Waals surface area contributed by atoms with Crippen molar-refractivity contribution in [3.8, 4) is 5.75 Å². The van der Waals surface area contributed by atoms with Crippen LogP contribution in [0.15, 0.2) is 70.9 Å². The Balaban J connectivity index is 1.65. The Labute approximate surface area is 190 Å². The first kappa shape index (κ1) is 23.3. The van der Waals surface area contributed by atoms with Gasteiger partial charge in [0, 0.05) is 11.9 Å². The maximum atomic E-state index is 12.8. The number of amides is 1. The molecule has 0 aliphatic carbocycles. The first-order valence-electron chi connectivity index (χ1n) is 9.49. The highest BCUT2D eigenvalue weighted by Crippen LogP contribution is 2.26. The number of likely N-dealkylation sites (N-methyl/N-ethyl adjacent to an activating group) is 1. The van der Waals surface area contributed by atoms with Crippen LogP contribution in [0.25, 0.3) is 0 Å². The van der Waals surface area contributed by atoms with Crippen LogP contribution < -0.4 is 9.46 Å². The molecule has 168 valence electrons. The number of hydrogen-bond acceptors (Lipinski definition) is 7. The van der Waals surface area contributed by atoms with Gasteiger partial charge in [0.2, 0.25) is 0 Å². The molecule has 0 unspecified atom stereocenters. The maximum Gasteiger partial charge on any atom is 0.338 e. The third-order valence-electron chi connectivity index (χ3n) is 4.46. The quantitative estimate of drug-likeness (QED) is 0.477. The molecule has 0 saturated heterocycles. The SMILES string of the molecule is COc1ccccc1NS(=O)(=O)c1cccc(C(=O)OCC(=O)N(C)Cc2cccs2)c1. The minimum atomic E-state index is -3.99. The van der Waals surface area contributed by atoms with E-state index in [1.165, 1.54) is 47.6 Å². The molecule has 0 aliphatic heterocycles. The fourth-order valence-electron chi connectivity index (χ4n) is 2.77. The number of para-hydroxylation sites is 2. The van der Waals surface area contributed by atoms with Gasteiger partial charge in [-0.3, -0.25) is 9.52 Å². The highest BCUT2D eigenvalue weighted by molar-refractivity contribution is 7.92. The second-order valence-electron chi connectivity index (χ2n) is 6.74. The minimum Gasteiger partial charge on any atom is -0.495 e. The zero-order chi connectivity index (χ0) is 23.1. The fourth-order valence-corrected chi connectivity index (χ4v) is 4.64. The number of rotatable bonds is 9. The normalized spacial score (nSPS) is 10.9. The van der Waals surface area contributed by atoms with Crippen molar-refractivity contribution in [3.05, 3.63) is 76.5 Å². The van der Waals surface area contributed by atoms with Gasteiger partial charge in [-0.2, -0.15) is 0 Å². The molecule has 1 amide bonds. The summed E-state index contributed by atoms with van der Waals surface area (Å²) in [6, 6.07) is 15.8. The number of nitrogens with zero attached hydrogens (tertiary/aromatic N) is 1. The highest BCUT2D eigenvalue weighted by Gasteiger charge is 2.20. The number of esters is 1. The Bertz CT molecular complexity index is 1190. The largest absolute Gasteiger partial charge is 0.495 e. The molecular formula is C22H22N2O6S2. The maximum absolute atomic E-state index is 12.8. The number of thiophene rings is 1. The van der Waals surface area contributed by atoms with Gasteiger partial charge in [0.15, 0.2) is 6.61 Å². The minimum absolute atomic E-state index is 0.0154. The van der Waals surface area contributed by atoms with Crippen LogP contribution in [0, 0.1) is 0 Å². The van der Waals surface area contributed by atoms with Crippen molar-refractivity contribution >= 4 is 38.9 Å². The summed E-state index contributed by atoms with van der Waals surface area (Å²) in [6.07, 6.45) is 0. The first-order chi connectivity index (χ1) is 15.3. The number of hydrogen-bond donors (Lipinski definition) is 1. The average molecular weight is 475 g/mol. The smallest absolute Gasteiger partial charge is 0.338 e. The molecule has 8 nitrogen and oxygen atoms in total. The van der Waals surface area contributed by atoms with Crippen molar-refractivity contribution < 1.29 is 27.5 Å². The number of ether oxygens (including phenoxy) is 2. The lowest BCUT2D eigenvalue weighted by Crippen LogP contribution is -2.30. The number of nitrogens with one attached hydrogen (secondary N) is 1. The number of sulfonamides is 1. The summed E-state index contributed by atoms with van der Waals surface area (Å²) in [5, 5.41) is 1.91. The Morgan fingerprint density at radius 2 is 1.84 bits per heavy atom. The number of anilines is 1. The lowest BCUT2D eigenvalue weighted by molar-refractivity contribution is -0.133. The molecule has 0 spiro atoms. The topological polar surface area (TPSA) is 102 Å². The third kappa shape index (κ3) is 5.86. The summed E-state index contributed by atoms with van der Waals surface area (Å²) >= 11 is 1.52. The van der Waals surface area contributed by atoms with Crippen molar-refractivity contribution in [2.45, 2.75) is 11.4 Å². The fraction of sp³-hybridized carbons (Fsp3) is 0.182. The molecule has 32 heavy (non-hydrogen) atoms. The second kappa shape index (κ2) is 10.3. The number of methoxy groups -OCH3 is 1. The van der Waals surface area contributed by atoms with Gasteiger partial charge >= 0.3 is 5.97 Å². The Kier molecular flexibility index (Phi) is 7.49. The lowest BCUT2D eigenvalue weighted by Gasteiger charge is -2.16. The summed E-state index contributed by atoms with van der Waals surface area (Å²) in [5.41, 5.74) is 0.281. The van der Waals surface area contributed by atoms with Gasteiger partial charge in [0.05, 0.1) is 29.8 Å². The van der Waals surface area contributed by atoms with E-state index in [4.69, 9.17) is 9.47 Å². The standard InChI is InChI=1S/C22H22N2O6S2/c1-24(14-17-8-6-12-31-17)21(25)15-30-22(26)16-7-5-9-18(13-16)32(27,28)23-19-10-3-4-11-20(19)29-2/h3-13,23H,14-15H2,1-2H3. The van der Waals surface area contributed by atoms with Crippen LogP contribution in [-0.4, -0.2) is 46.0 Å². The first-order valence-corrected chi connectivity index (χ1v) is 11.9. The van der Waals surface area contributed by atoms with Crippen molar-refractivity contribution in [1.29, 1.82) is 0 Å². The van der Waals surface area contributed by atoms with Gasteiger partial charge in [-0.1, -0.05) is 24.3 Å². The molecule has 2 aromatic carbocycles. The van der Waals surface area contributed by atoms with Gasteiger partial charge < -0.3 is 14.4 Å². The van der Waals surface area contributed by atoms with Gasteiger partial charge in [-0.25, -0.2) is 13.2 Å². The molecular weight excluding hydrogens is 452 g/mol. The van der Waals surface area contributed by atoms with E-state index in [9.17, 15) is 18.0 Å². The lowest BCUT2D eigenvalue weighted by atomic mass is 10.2. The molecule has 1 N–H and O–H groups in total. The van der Waals surface area contributed by atoms with Crippen LogP contribution in [-0.2, 0) is 26.1 Å². The highest BCUT2D eigenvalue weighted by atomic mass is 32.2. The Hall–Kier alpha value is -3.37.